The van der Waals surface area contributed by atoms with Crippen molar-refractivity contribution >= 4 is 44.5 Å². The summed E-state index contributed by atoms with van der Waals surface area (Å²) < 4.78 is 0. The number of aromatic nitrogens is 3. The van der Waals surface area contributed by atoms with Crippen molar-refractivity contribution in [2.45, 2.75) is 0 Å². The Kier molecular flexibility index (Phi) is 1.66. The van der Waals surface area contributed by atoms with E-state index in [9.17, 15) is 9.59 Å². The van der Waals surface area contributed by atoms with Gasteiger partial charge in [-0.1, -0.05) is 18.2 Å². The smallest absolute Gasteiger partial charge is 0.261 e. The predicted molar refractivity (Wildman–Crippen MR) is 77.3 cm³/mol. The maximum Gasteiger partial charge on any atom is 0.261 e. The van der Waals surface area contributed by atoms with E-state index in [4.69, 9.17) is 0 Å². The van der Waals surface area contributed by atoms with Crippen molar-refractivity contribution < 1.29 is 9.59 Å². The van der Waals surface area contributed by atoms with Gasteiger partial charge < -0.3 is 5.10 Å². The van der Waals surface area contributed by atoms with Crippen LogP contribution in [0, 0.1) is 0 Å². The first-order valence-corrected chi connectivity index (χ1v) is 6.51. The number of para-hydroxylation sites is 1. The Labute approximate surface area is 117 Å². The Bertz CT molecular complexity index is 1100. The lowest BCUT2D eigenvalue weighted by Crippen LogP contribution is -2.20. The van der Waals surface area contributed by atoms with Gasteiger partial charge in [0.1, 0.15) is 0 Å². The SMILES string of the molecule is O=C1NC(=O)c2c1c1[nH][nH]cc1c1nc3ccccc3c21. The summed E-state index contributed by atoms with van der Waals surface area (Å²) >= 11 is 0. The van der Waals surface area contributed by atoms with Gasteiger partial charge in [0.05, 0.1) is 27.7 Å². The van der Waals surface area contributed by atoms with Crippen LogP contribution in [0.25, 0.3) is 32.7 Å². The molecule has 0 spiro atoms. The third kappa shape index (κ3) is 1.11. The van der Waals surface area contributed by atoms with Crippen molar-refractivity contribution in [2.24, 2.45) is 0 Å². The summed E-state index contributed by atoms with van der Waals surface area (Å²) in [5, 5.41) is 10.6. The number of aromatic amines is 2. The van der Waals surface area contributed by atoms with Gasteiger partial charge in [0.25, 0.3) is 11.8 Å². The Morgan fingerprint density at radius 1 is 0.952 bits per heavy atom. The molecule has 2 amide bonds. The number of nitrogens with zero attached hydrogens (tertiary/aromatic N) is 1. The summed E-state index contributed by atoms with van der Waals surface area (Å²) in [5.41, 5.74) is 2.96. The van der Waals surface area contributed by atoms with Crippen LogP contribution in [0.1, 0.15) is 20.7 Å². The number of carbonyl (C=O) groups excluding carboxylic acids is 2. The summed E-state index contributed by atoms with van der Waals surface area (Å²) in [5.74, 6) is -0.738. The van der Waals surface area contributed by atoms with Crippen molar-refractivity contribution in [1.82, 2.24) is 20.5 Å². The van der Waals surface area contributed by atoms with E-state index in [0.717, 1.165) is 27.2 Å². The summed E-state index contributed by atoms with van der Waals surface area (Å²) in [6, 6.07) is 7.62. The molecule has 1 aliphatic rings. The molecule has 3 N–H and O–H groups in total. The predicted octanol–water partition coefficient (Wildman–Crippen LogP) is 2.08. The molecule has 0 unspecified atom stereocenters. The lowest BCUT2D eigenvalue weighted by Gasteiger charge is -2.00. The minimum atomic E-state index is -0.372. The summed E-state index contributed by atoms with van der Waals surface area (Å²) in [7, 11) is 0. The van der Waals surface area contributed by atoms with Gasteiger partial charge in [-0.2, -0.15) is 0 Å². The van der Waals surface area contributed by atoms with Gasteiger partial charge in [0.2, 0.25) is 0 Å². The van der Waals surface area contributed by atoms with E-state index in [2.05, 4.69) is 20.5 Å². The van der Waals surface area contributed by atoms with E-state index in [1.807, 2.05) is 24.3 Å². The van der Waals surface area contributed by atoms with Crippen molar-refractivity contribution in [3.63, 3.8) is 0 Å². The quantitative estimate of drug-likeness (QED) is 0.429. The molecule has 0 fully saturated rings. The van der Waals surface area contributed by atoms with Crippen LogP contribution in [0.5, 0.6) is 0 Å². The molecule has 2 aromatic heterocycles. The fourth-order valence-electron chi connectivity index (χ4n) is 3.17. The van der Waals surface area contributed by atoms with Gasteiger partial charge in [-0.25, -0.2) is 4.98 Å². The molecule has 0 saturated carbocycles. The lowest BCUT2D eigenvalue weighted by atomic mass is 9.99. The number of H-pyrrole nitrogens is 2. The number of rotatable bonds is 0. The number of hydrogen-bond acceptors (Lipinski definition) is 3. The van der Waals surface area contributed by atoms with E-state index in [-0.39, 0.29) is 11.8 Å². The van der Waals surface area contributed by atoms with Gasteiger partial charge in [-0.3, -0.25) is 20.0 Å². The van der Waals surface area contributed by atoms with Crippen LogP contribution in [0.3, 0.4) is 0 Å². The molecule has 1 aliphatic heterocycles. The topological polar surface area (TPSA) is 90.6 Å². The second kappa shape index (κ2) is 3.29. The lowest BCUT2D eigenvalue weighted by molar-refractivity contribution is 0.0880. The number of hydrogen-bond donors (Lipinski definition) is 3. The zero-order chi connectivity index (χ0) is 14.1. The number of fused-ring (bicyclic) bond motifs is 8. The molecule has 6 nitrogen and oxygen atoms in total. The summed E-state index contributed by atoms with van der Waals surface area (Å²) in [6.07, 6.45) is 1.76. The Morgan fingerprint density at radius 3 is 2.67 bits per heavy atom. The van der Waals surface area contributed by atoms with Crippen molar-refractivity contribution in [2.75, 3.05) is 0 Å². The number of imide groups is 1. The summed E-state index contributed by atoms with van der Waals surface area (Å²) in [4.78, 5) is 28.9. The standard InChI is InChI=1S/C15H8N4O2/c20-14-10-9-6-3-1-2-4-8(6)17-12(9)7-5-16-19-13(7)11(10)15(21)18-14/h1-5,16,19H,(H,18,20,21). The molecular weight excluding hydrogens is 268 g/mol. The maximum absolute atomic E-state index is 12.2. The molecule has 3 heterocycles. The molecule has 0 aliphatic carbocycles. The van der Waals surface area contributed by atoms with Crippen LogP contribution in [0.15, 0.2) is 30.5 Å². The van der Waals surface area contributed by atoms with E-state index >= 15 is 0 Å². The molecule has 0 radical (unpaired) electrons. The second-order valence-electron chi connectivity index (χ2n) is 5.09. The van der Waals surface area contributed by atoms with Crippen molar-refractivity contribution in [1.29, 1.82) is 0 Å². The first-order valence-electron chi connectivity index (χ1n) is 6.51. The Balaban J connectivity index is 2.20. The van der Waals surface area contributed by atoms with Gasteiger partial charge >= 0.3 is 0 Å². The highest BCUT2D eigenvalue weighted by molar-refractivity contribution is 6.36. The molecule has 5 rings (SSSR count). The minimum absolute atomic E-state index is 0.366. The Morgan fingerprint density at radius 2 is 1.76 bits per heavy atom. The zero-order valence-electron chi connectivity index (χ0n) is 10.7. The third-order valence-corrected chi connectivity index (χ3v) is 4.01. The van der Waals surface area contributed by atoms with E-state index < -0.39 is 0 Å². The normalized spacial score (nSPS) is 14.3. The maximum atomic E-state index is 12.2. The van der Waals surface area contributed by atoms with E-state index in [1.54, 1.807) is 6.20 Å². The molecule has 2 aromatic carbocycles. The summed E-state index contributed by atoms with van der Waals surface area (Å²) in [6.45, 7) is 0. The van der Waals surface area contributed by atoms with Gasteiger partial charge in [-0.05, 0) is 6.07 Å². The highest BCUT2D eigenvalue weighted by atomic mass is 16.2. The fraction of sp³-hybridized carbons (Fsp3) is 0. The van der Waals surface area contributed by atoms with E-state index in [1.165, 1.54) is 0 Å². The van der Waals surface area contributed by atoms with Crippen LogP contribution in [-0.2, 0) is 0 Å². The van der Waals surface area contributed by atoms with Crippen LogP contribution in [-0.4, -0.2) is 27.0 Å². The average molecular weight is 276 g/mol. The molecule has 100 valence electrons. The van der Waals surface area contributed by atoms with Crippen LogP contribution in [0.4, 0.5) is 0 Å². The molecule has 21 heavy (non-hydrogen) atoms. The van der Waals surface area contributed by atoms with Crippen molar-refractivity contribution in [3.05, 3.63) is 41.6 Å². The monoisotopic (exact) mass is 276 g/mol. The minimum Gasteiger partial charge on any atom is -0.307 e. The first kappa shape index (κ1) is 10.6. The van der Waals surface area contributed by atoms with Crippen LogP contribution < -0.4 is 5.32 Å². The Hall–Kier alpha value is -3.15. The second-order valence-corrected chi connectivity index (χ2v) is 5.09. The third-order valence-electron chi connectivity index (χ3n) is 4.01. The molecule has 6 heteroatoms. The number of nitrogens with one attached hydrogen (secondary N) is 3. The zero-order valence-corrected chi connectivity index (χ0v) is 10.7. The van der Waals surface area contributed by atoms with Crippen LogP contribution in [0.2, 0.25) is 0 Å². The van der Waals surface area contributed by atoms with Gasteiger partial charge in [0, 0.05) is 22.4 Å². The van der Waals surface area contributed by atoms with Crippen LogP contribution >= 0.6 is 0 Å². The van der Waals surface area contributed by atoms with Crippen molar-refractivity contribution in [3.8, 4) is 0 Å². The molecule has 0 saturated heterocycles. The largest absolute Gasteiger partial charge is 0.307 e. The van der Waals surface area contributed by atoms with Gasteiger partial charge in [0.15, 0.2) is 0 Å². The molecule has 0 atom stereocenters. The fourth-order valence-corrected chi connectivity index (χ4v) is 3.17. The highest BCUT2D eigenvalue weighted by Gasteiger charge is 2.34. The molecular formula is C15H8N4O2. The number of carbonyl (C=O) groups is 2. The number of benzene rings is 2. The highest BCUT2D eigenvalue weighted by Crippen LogP contribution is 2.38. The molecule has 4 aromatic rings. The number of amides is 2. The molecule has 0 bridgehead atoms. The van der Waals surface area contributed by atoms with E-state index in [0.29, 0.717) is 16.6 Å². The van der Waals surface area contributed by atoms with Gasteiger partial charge in [-0.15, -0.1) is 0 Å². The average Bonchev–Trinajstić information content (AvgIpc) is 3.14. The first-order chi connectivity index (χ1) is 10.3.